The number of cyclic esters (lactones) is 1. The summed E-state index contributed by atoms with van der Waals surface area (Å²) in [5, 5.41) is 21.1. The molecule has 0 spiro atoms. The number of aliphatic hydroxyl groups is 1. The standard InChI is InChI=1S/C17H16ClNO4.C8H9N5O/c18-13-4-6-14(7-5-13)19-16(11-23-17(19)21)12-2-1-3-15(10-12)22-9-8-20;1-13-11-8(10-12-13)6-3-4-7(14-2)9-5-6/h1-7,10,16,20H,8-9,11H2;3-5H,1-2H3. The average Bonchev–Trinajstić information content (AvgIpc) is 3.54. The molecule has 0 aliphatic carbocycles. The van der Waals surface area contributed by atoms with Crippen LogP contribution in [0.2, 0.25) is 5.02 Å². The number of benzene rings is 2. The number of tetrazole rings is 1. The highest BCUT2D eigenvalue weighted by molar-refractivity contribution is 6.30. The fraction of sp³-hybridized carbons (Fsp3) is 0.240. The highest BCUT2D eigenvalue weighted by Gasteiger charge is 2.35. The number of pyridine rings is 1. The number of aromatic nitrogens is 5. The van der Waals surface area contributed by atoms with Gasteiger partial charge in [-0.15, -0.1) is 10.2 Å². The third-order valence-electron chi connectivity index (χ3n) is 5.29. The molecule has 1 aliphatic heterocycles. The van der Waals surface area contributed by atoms with Gasteiger partial charge in [0.15, 0.2) is 0 Å². The number of aryl methyl sites for hydroxylation is 1. The minimum atomic E-state index is -0.390. The van der Waals surface area contributed by atoms with E-state index in [4.69, 9.17) is 30.9 Å². The summed E-state index contributed by atoms with van der Waals surface area (Å²) in [6, 6.07) is 17.8. The lowest BCUT2D eigenvalue weighted by atomic mass is 10.1. The topological polar surface area (TPSA) is 125 Å². The Bertz CT molecular complexity index is 1320. The van der Waals surface area contributed by atoms with E-state index >= 15 is 0 Å². The molecule has 1 aliphatic rings. The van der Waals surface area contributed by atoms with Crippen molar-refractivity contribution in [2.24, 2.45) is 7.05 Å². The van der Waals surface area contributed by atoms with Crippen molar-refractivity contribution in [1.29, 1.82) is 0 Å². The van der Waals surface area contributed by atoms with E-state index in [1.807, 2.05) is 30.3 Å². The quantitative estimate of drug-likeness (QED) is 0.385. The SMILES string of the molecule is COc1ccc(-c2nnn(C)n2)cn1.O=C1OCC(c2cccc(OCCO)c2)N1c1ccc(Cl)cc1. The first-order valence-electron chi connectivity index (χ1n) is 11.3. The number of hydrogen-bond acceptors (Lipinski definition) is 9. The van der Waals surface area contributed by atoms with Gasteiger partial charge >= 0.3 is 6.09 Å². The van der Waals surface area contributed by atoms with E-state index in [1.54, 1.807) is 55.6 Å². The number of nitrogens with zero attached hydrogens (tertiary/aromatic N) is 6. The van der Waals surface area contributed by atoms with Crippen molar-refractivity contribution in [2.75, 3.05) is 31.8 Å². The molecular weight excluding hydrogens is 500 g/mol. The molecule has 12 heteroatoms. The number of ether oxygens (including phenoxy) is 3. The number of anilines is 1. The van der Waals surface area contributed by atoms with Crippen LogP contribution in [0.4, 0.5) is 10.5 Å². The monoisotopic (exact) mass is 524 g/mol. The maximum Gasteiger partial charge on any atom is 0.415 e. The number of amides is 1. The maximum atomic E-state index is 12.1. The summed E-state index contributed by atoms with van der Waals surface area (Å²) in [5.74, 6) is 1.77. The Morgan fingerprint density at radius 1 is 1.16 bits per heavy atom. The molecule has 1 amide bonds. The van der Waals surface area contributed by atoms with Gasteiger partial charge in [0.2, 0.25) is 11.7 Å². The fourth-order valence-corrected chi connectivity index (χ4v) is 3.69. The minimum Gasteiger partial charge on any atom is -0.491 e. The van der Waals surface area contributed by atoms with Crippen molar-refractivity contribution in [3.05, 3.63) is 77.4 Å². The first-order chi connectivity index (χ1) is 18.0. The lowest BCUT2D eigenvalue weighted by molar-refractivity contribution is 0.179. The Kier molecular flexibility index (Phi) is 8.49. The van der Waals surface area contributed by atoms with Gasteiger partial charge in [-0.2, -0.15) is 4.80 Å². The van der Waals surface area contributed by atoms with Crippen LogP contribution in [0, 0.1) is 0 Å². The molecular formula is C25H25ClN6O5. The molecule has 0 radical (unpaired) electrons. The normalized spacial score (nSPS) is 14.5. The van der Waals surface area contributed by atoms with Crippen LogP contribution in [0.5, 0.6) is 11.6 Å². The zero-order chi connectivity index (χ0) is 26.2. The lowest BCUT2D eigenvalue weighted by Gasteiger charge is -2.22. The summed E-state index contributed by atoms with van der Waals surface area (Å²) >= 11 is 5.91. The van der Waals surface area contributed by atoms with Crippen molar-refractivity contribution in [1.82, 2.24) is 25.2 Å². The first kappa shape index (κ1) is 25.9. The second kappa shape index (κ2) is 12.2. The van der Waals surface area contributed by atoms with Gasteiger partial charge in [-0.1, -0.05) is 23.7 Å². The number of aliphatic hydroxyl groups excluding tert-OH is 1. The Labute approximate surface area is 218 Å². The van der Waals surface area contributed by atoms with Gasteiger partial charge in [0.1, 0.15) is 19.0 Å². The van der Waals surface area contributed by atoms with E-state index in [0.717, 1.165) is 16.8 Å². The lowest BCUT2D eigenvalue weighted by Crippen LogP contribution is -2.27. The fourth-order valence-electron chi connectivity index (χ4n) is 3.56. The number of hydrogen-bond donors (Lipinski definition) is 1. The molecule has 3 heterocycles. The number of rotatable bonds is 7. The van der Waals surface area contributed by atoms with E-state index in [9.17, 15) is 4.79 Å². The largest absolute Gasteiger partial charge is 0.491 e. The van der Waals surface area contributed by atoms with Crippen LogP contribution in [-0.4, -0.2) is 63.3 Å². The van der Waals surface area contributed by atoms with E-state index < -0.39 is 0 Å². The Morgan fingerprint density at radius 2 is 1.97 bits per heavy atom. The number of methoxy groups -OCH3 is 1. The van der Waals surface area contributed by atoms with Crippen LogP contribution in [0.3, 0.4) is 0 Å². The van der Waals surface area contributed by atoms with Crippen LogP contribution in [-0.2, 0) is 11.8 Å². The molecule has 1 N–H and O–H groups in total. The third-order valence-corrected chi connectivity index (χ3v) is 5.54. The van der Waals surface area contributed by atoms with Gasteiger partial charge in [0.25, 0.3) is 0 Å². The van der Waals surface area contributed by atoms with E-state index in [2.05, 4.69) is 20.4 Å². The average molecular weight is 525 g/mol. The molecule has 11 nitrogen and oxygen atoms in total. The Hall–Kier alpha value is -4.22. The van der Waals surface area contributed by atoms with Gasteiger partial charge in [0, 0.05) is 28.5 Å². The van der Waals surface area contributed by atoms with Gasteiger partial charge in [-0.3, -0.25) is 4.90 Å². The molecule has 5 rings (SSSR count). The molecule has 0 saturated carbocycles. The highest BCUT2D eigenvalue weighted by atomic mass is 35.5. The molecule has 2 aromatic heterocycles. The second-order valence-corrected chi connectivity index (χ2v) is 8.21. The summed E-state index contributed by atoms with van der Waals surface area (Å²) < 4.78 is 15.6. The van der Waals surface area contributed by atoms with Crippen molar-refractivity contribution in [3.63, 3.8) is 0 Å². The maximum absolute atomic E-state index is 12.1. The predicted molar refractivity (Wildman–Crippen MR) is 136 cm³/mol. The van der Waals surface area contributed by atoms with E-state index in [-0.39, 0.29) is 32.0 Å². The van der Waals surface area contributed by atoms with E-state index in [0.29, 0.717) is 22.5 Å². The smallest absolute Gasteiger partial charge is 0.415 e. The van der Waals surface area contributed by atoms with Crippen molar-refractivity contribution in [2.45, 2.75) is 6.04 Å². The molecule has 0 bridgehead atoms. The van der Waals surface area contributed by atoms with Crippen LogP contribution in [0.1, 0.15) is 11.6 Å². The van der Waals surface area contributed by atoms with Crippen molar-refractivity contribution >= 4 is 23.4 Å². The third kappa shape index (κ3) is 6.51. The van der Waals surface area contributed by atoms with Crippen molar-refractivity contribution < 1.29 is 24.1 Å². The summed E-state index contributed by atoms with van der Waals surface area (Å²) in [5.41, 5.74) is 2.45. The second-order valence-electron chi connectivity index (χ2n) is 7.78. The molecule has 1 fully saturated rings. The van der Waals surface area contributed by atoms with Crippen molar-refractivity contribution in [3.8, 4) is 23.0 Å². The molecule has 4 aromatic rings. The Morgan fingerprint density at radius 3 is 2.62 bits per heavy atom. The molecule has 1 unspecified atom stereocenters. The van der Waals surface area contributed by atoms with Gasteiger partial charge in [0.05, 0.1) is 26.8 Å². The molecule has 1 atom stereocenters. The van der Waals surface area contributed by atoms with Gasteiger partial charge in [-0.25, -0.2) is 9.78 Å². The summed E-state index contributed by atoms with van der Waals surface area (Å²) in [4.78, 5) is 19.2. The van der Waals surface area contributed by atoms with Gasteiger partial charge < -0.3 is 19.3 Å². The zero-order valence-corrected chi connectivity index (χ0v) is 20.9. The van der Waals surface area contributed by atoms with Crippen LogP contribution in [0.15, 0.2) is 66.9 Å². The minimum absolute atomic E-state index is 0.0495. The van der Waals surface area contributed by atoms with E-state index in [1.165, 1.54) is 4.80 Å². The first-order valence-corrected chi connectivity index (χ1v) is 11.7. The molecule has 37 heavy (non-hydrogen) atoms. The number of carbonyl (C=O) groups is 1. The molecule has 2 aromatic carbocycles. The summed E-state index contributed by atoms with van der Waals surface area (Å²) in [6.07, 6.45) is 1.26. The molecule has 192 valence electrons. The number of halogens is 1. The summed E-state index contributed by atoms with van der Waals surface area (Å²) in [6.45, 7) is 0.446. The van der Waals surface area contributed by atoms with Crippen LogP contribution >= 0.6 is 11.6 Å². The Balaban J connectivity index is 0.000000195. The predicted octanol–water partition coefficient (Wildman–Crippen LogP) is 3.69. The molecule has 1 saturated heterocycles. The van der Waals surface area contributed by atoms with Gasteiger partial charge in [-0.05, 0) is 53.2 Å². The number of carbonyl (C=O) groups excluding carboxylic acids is 1. The summed E-state index contributed by atoms with van der Waals surface area (Å²) in [7, 11) is 3.29. The van der Waals surface area contributed by atoms with Crippen LogP contribution < -0.4 is 14.4 Å². The van der Waals surface area contributed by atoms with Crippen LogP contribution in [0.25, 0.3) is 11.4 Å². The zero-order valence-electron chi connectivity index (χ0n) is 20.2. The highest BCUT2D eigenvalue weighted by Crippen LogP contribution is 2.34.